The van der Waals surface area contributed by atoms with Crippen molar-refractivity contribution < 1.29 is 4.74 Å². The van der Waals surface area contributed by atoms with Crippen LogP contribution in [-0.4, -0.2) is 37.3 Å². The van der Waals surface area contributed by atoms with Gasteiger partial charge in [-0.05, 0) is 18.4 Å². The van der Waals surface area contributed by atoms with Gasteiger partial charge in [-0.15, -0.1) is 24.0 Å². The van der Waals surface area contributed by atoms with Crippen LogP contribution in [0.25, 0.3) is 0 Å². The van der Waals surface area contributed by atoms with Gasteiger partial charge in [-0.1, -0.05) is 37.0 Å². The molecule has 2 N–H and O–H groups in total. The van der Waals surface area contributed by atoms with Gasteiger partial charge in [-0.3, -0.25) is 4.99 Å². The van der Waals surface area contributed by atoms with Gasteiger partial charge in [0.1, 0.15) is 5.15 Å². The van der Waals surface area contributed by atoms with E-state index in [-0.39, 0.29) is 24.0 Å². The van der Waals surface area contributed by atoms with Gasteiger partial charge in [0, 0.05) is 39.5 Å². The van der Waals surface area contributed by atoms with Crippen LogP contribution >= 0.6 is 47.2 Å². The Hall–Kier alpha value is -0.180. The van der Waals surface area contributed by atoms with Crippen LogP contribution in [0.5, 0.6) is 0 Å². The van der Waals surface area contributed by atoms with Crippen LogP contribution in [0.2, 0.25) is 10.2 Å². The van der Waals surface area contributed by atoms with E-state index in [1.807, 2.05) is 17.7 Å². The predicted molar refractivity (Wildman–Crippen MR) is 109 cm³/mol. The van der Waals surface area contributed by atoms with E-state index in [0.717, 1.165) is 37.8 Å². The summed E-state index contributed by atoms with van der Waals surface area (Å²) in [7, 11) is 3.63. The Bertz CT molecular complexity index is 492. The molecular weight excluding hydrogens is 450 g/mol. The number of ether oxygens (including phenoxy) is 1. The Morgan fingerprint density at radius 3 is 2.57 bits per heavy atom. The molecule has 0 aliphatic heterocycles. The number of aromatic nitrogens is 1. The first-order valence-electron chi connectivity index (χ1n) is 7.47. The summed E-state index contributed by atoms with van der Waals surface area (Å²) in [6, 6.07) is 1.85. The lowest BCUT2D eigenvalue weighted by molar-refractivity contribution is 0.108. The summed E-state index contributed by atoms with van der Waals surface area (Å²) in [5, 5.41) is 7.59. The molecule has 1 aromatic rings. The Balaban J connectivity index is 0.00000484. The van der Waals surface area contributed by atoms with Crippen molar-refractivity contribution in [2.75, 3.05) is 26.8 Å². The summed E-state index contributed by atoms with van der Waals surface area (Å²) in [6.45, 7) is 7.27. The molecule has 1 heterocycles. The Morgan fingerprint density at radius 1 is 1.35 bits per heavy atom. The molecule has 134 valence electrons. The first-order chi connectivity index (χ1) is 10.5. The second-order valence-electron chi connectivity index (χ2n) is 5.51. The van der Waals surface area contributed by atoms with Gasteiger partial charge in [0.25, 0.3) is 0 Å². The fourth-order valence-corrected chi connectivity index (χ4v) is 2.27. The van der Waals surface area contributed by atoms with Crippen LogP contribution in [0, 0.1) is 5.92 Å². The first-order valence-corrected chi connectivity index (χ1v) is 8.23. The number of rotatable bonds is 8. The maximum atomic E-state index is 6.05. The summed E-state index contributed by atoms with van der Waals surface area (Å²) in [4.78, 5) is 4.19. The van der Waals surface area contributed by atoms with Crippen LogP contribution in [0.3, 0.4) is 0 Å². The standard InChI is InChI=1S/C15H26Cl2N4O.HI/c1-11(2)10-22-7-5-6-19-15(18-3)20-9-12-8-13(16)14(17)21(12)4;/h8,11H,5-7,9-10H2,1-4H3,(H2,18,19,20);1H. The quantitative estimate of drug-likeness (QED) is 0.260. The number of aliphatic imine (C=N–C) groups is 1. The zero-order valence-electron chi connectivity index (χ0n) is 14.2. The molecule has 0 aliphatic rings. The van der Waals surface area contributed by atoms with E-state index >= 15 is 0 Å². The number of halogens is 3. The molecule has 0 bridgehead atoms. The SMILES string of the molecule is CN=C(NCCCOCC(C)C)NCc1cc(Cl)c(Cl)n1C.I. The van der Waals surface area contributed by atoms with Crippen LogP contribution in [0.4, 0.5) is 0 Å². The molecule has 1 rings (SSSR count). The Kier molecular flexibility index (Phi) is 12.1. The van der Waals surface area contributed by atoms with E-state index in [9.17, 15) is 0 Å². The molecule has 1 aromatic heterocycles. The molecule has 0 spiro atoms. The predicted octanol–water partition coefficient (Wildman–Crippen LogP) is 3.68. The molecular formula is C15H27Cl2IN4O. The zero-order chi connectivity index (χ0) is 16.5. The minimum Gasteiger partial charge on any atom is -0.381 e. The van der Waals surface area contributed by atoms with Crippen molar-refractivity contribution in [3.63, 3.8) is 0 Å². The summed E-state index contributed by atoms with van der Waals surface area (Å²) in [6.07, 6.45) is 0.940. The van der Waals surface area contributed by atoms with E-state index in [1.54, 1.807) is 7.05 Å². The molecule has 23 heavy (non-hydrogen) atoms. The highest BCUT2D eigenvalue weighted by Gasteiger charge is 2.09. The molecule has 0 saturated carbocycles. The maximum Gasteiger partial charge on any atom is 0.191 e. The summed E-state index contributed by atoms with van der Waals surface area (Å²) in [5.74, 6) is 1.32. The molecule has 0 fully saturated rings. The van der Waals surface area contributed by atoms with Gasteiger partial charge in [0.05, 0.1) is 11.6 Å². The smallest absolute Gasteiger partial charge is 0.191 e. The summed E-state index contributed by atoms with van der Waals surface area (Å²) >= 11 is 12.0. The highest BCUT2D eigenvalue weighted by molar-refractivity contribution is 14.0. The fraction of sp³-hybridized carbons (Fsp3) is 0.667. The second-order valence-corrected chi connectivity index (χ2v) is 6.27. The second kappa shape index (κ2) is 12.2. The van der Waals surface area contributed by atoms with Crippen molar-refractivity contribution in [1.82, 2.24) is 15.2 Å². The molecule has 0 radical (unpaired) electrons. The van der Waals surface area contributed by atoms with Crippen molar-refractivity contribution in [3.05, 3.63) is 21.9 Å². The molecule has 8 heteroatoms. The monoisotopic (exact) mass is 476 g/mol. The zero-order valence-corrected chi connectivity index (χ0v) is 18.0. The average Bonchev–Trinajstić information content (AvgIpc) is 2.72. The topological polar surface area (TPSA) is 50.6 Å². The van der Waals surface area contributed by atoms with Crippen LogP contribution in [0.15, 0.2) is 11.1 Å². The van der Waals surface area contributed by atoms with Gasteiger partial charge in [-0.25, -0.2) is 0 Å². The van der Waals surface area contributed by atoms with E-state index < -0.39 is 0 Å². The number of hydrogen-bond donors (Lipinski definition) is 2. The summed E-state index contributed by atoms with van der Waals surface area (Å²) < 4.78 is 7.39. The van der Waals surface area contributed by atoms with Crippen molar-refractivity contribution in [2.45, 2.75) is 26.8 Å². The number of hydrogen-bond acceptors (Lipinski definition) is 2. The lowest BCUT2D eigenvalue weighted by Gasteiger charge is -2.13. The van der Waals surface area contributed by atoms with Crippen LogP contribution in [0.1, 0.15) is 26.0 Å². The average molecular weight is 477 g/mol. The highest BCUT2D eigenvalue weighted by atomic mass is 127. The molecule has 0 amide bonds. The van der Waals surface area contributed by atoms with E-state index in [1.165, 1.54) is 0 Å². The Labute approximate surface area is 166 Å². The fourth-order valence-electron chi connectivity index (χ4n) is 1.85. The highest BCUT2D eigenvalue weighted by Crippen LogP contribution is 2.24. The minimum atomic E-state index is 0. The molecule has 5 nitrogen and oxygen atoms in total. The van der Waals surface area contributed by atoms with Crippen molar-refractivity contribution in [3.8, 4) is 0 Å². The number of nitrogens with one attached hydrogen (secondary N) is 2. The minimum absolute atomic E-state index is 0. The van der Waals surface area contributed by atoms with Gasteiger partial charge in [0.15, 0.2) is 5.96 Å². The van der Waals surface area contributed by atoms with Crippen molar-refractivity contribution in [2.24, 2.45) is 18.0 Å². The largest absolute Gasteiger partial charge is 0.381 e. The van der Waals surface area contributed by atoms with Gasteiger partial charge < -0.3 is 19.9 Å². The van der Waals surface area contributed by atoms with Crippen molar-refractivity contribution >= 4 is 53.1 Å². The van der Waals surface area contributed by atoms with E-state index in [0.29, 0.717) is 22.6 Å². The number of nitrogens with zero attached hydrogens (tertiary/aromatic N) is 2. The molecule has 0 atom stereocenters. The Morgan fingerprint density at radius 2 is 2.04 bits per heavy atom. The molecule has 0 aliphatic carbocycles. The molecule has 0 saturated heterocycles. The van der Waals surface area contributed by atoms with Gasteiger partial charge in [-0.2, -0.15) is 0 Å². The van der Waals surface area contributed by atoms with E-state index in [2.05, 4.69) is 29.5 Å². The third-order valence-corrected chi connectivity index (χ3v) is 3.93. The van der Waals surface area contributed by atoms with E-state index in [4.69, 9.17) is 27.9 Å². The molecule has 0 aromatic carbocycles. The van der Waals surface area contributed by atoms with Crippen LogP contribution < -0.4 is 10.6 Å². The number of guanidine groups is 1. The first kappa shape index (κ1) is 22.8. The molecule has 0 unspecified atom stereocenters. The van der Waals surface area contributed by atoms with Crippen LogP contribution in [-0.2, 0) is 18.3 Å². The van der Waals surface area contributed by atoms with Crippen molar-refractivity contribution in [1.29, 1.82) is 0 Å². The third-order valence-electron chi connectivity index (χ3n) is 3.09. The lowest BCUT2D eigenvalue weighted by Crippen LogP contribution is -2.37. The van der Waals surface area contributed by atoms with Gasteiger partial charge in [0.2, 0.25) is 0 Å². The normalized spacial score (nSPS) is 11.5. The summed E-state index contributed by atoms with van der Waals surface area (Å²) in [5.41, 5.74) is 0.998. The maximum absolute atomic E-state index is 6.05. The lowest BCUT2D eigenvalue weighted by atomic mass is 10.2. The third kappa shape index (κ3) is 8.47. The van der Waals surface area contributed by atoms with Gasteiger partial charge >= 0.3 is 0 Å².